The van der Waals surface area contributed by atoms with Gasteiger partial charge in [-0.25, -0.2) is 0 Å². The van der Waals surface area contributed by atoms with Crippen LogP contribution >= 0.6 is 34.3 Å². The fourth-order valence-corrected chi connectivity index (χ4v) is 4.12. The number of benzene rings is 2. The molecule has 0 saturated heterocycles. The molecule has 0 fully saturated rings. The van der Waals surface area contributed by atoms with E-state index in [1.807, 2.05) is 16.8 Å². The number of hydrogen-bond donors (Lipinski definition) is 0. The van der Waals surface area contributed by atoms with Gasteiger partial charge in [0.2, 0.25) is 5.78 Å². The van der Waals surface area contributed by atoms with Crippen LogP contribution in [-0.4, -0.2) is 35.1 Å². The minimum atomic E-state index is -0.620. The molecule has 2 aromatic carbocycles. The van der Waals surface area contributed by atoms with Gasteiger partial charge in [0.25, 0.3) is 16.6 Å². The van der Waals surface area contributed by atoms with E-state index >= 15 is 0 Å². The molecule has 192 valence electrons. The van der Waals surface area contributed by atoms with E-state index in [-0.39, 0.29) is 22.7 Å². The Bertz CT molecular complexity index is 1310. The Morgan fingerprint density at radius 2 is 1.32 bits per heavy atom. The van der Waals surface area contributed by atoms with Crippen LogP contribution in [0, 0.1) is 20.2 Å². The quantitative estimate of drug-likeness (QED) is 0.106. The van der Waals surface area contributed by atoms with E-state index in [9.17, 15) is 29.8 Å². The molecule has 0 aliphatic heterocycles. The zero-order valence-electron chi connectivity index (χ0n) is 19.4. The average Bonchev–Trinajstić information content (AvgIpc) is 3.61. The predicted octanol–water partition coefficient (Wildman–Crippen LogP) is 6.63. The molecule has 10 nitrogen and oxygen atoms in total. The number of non-ortho nitro benzene ring substituents is 2. The molecule has 0 spiro atoms. The van der Waals surface area contributed by atoms with Gasteiger partial charge in [0.1, 0.15) is 16.4 Å². The number of methoxy groups -OCH3 is 2. The second kappa shape index (κ2) is 14.4. The van der Waals surface area contributed by atoms with Gasteiger partial charge < -0.3 is 9.47 Å². The van der Waals surface area contributed by atoms with E-state index in [0.29, 0.717) is 16.2 Å². The highest BCUT2D eigenvalue weighted by molar-refractivity contribution is 7.12. The lowest BCUT2D eigenvalue weighted by atomic mass is 10.1. The molecule has 0 amide bonds. The van der Waals surface area contributed by atoms with Crippen LogP contribution in [0.5, 0.6) is 11.5 Å². The van der Waals surface area contributed by atoms with E-state index in [1.54, 1.807) is 29.9 Å². The van der Waals surface area contributed by atoms with Crippen LogP contribution in [0.3, 0.4) is 0 Å². The smallest absolute Gasteiger partial charge is 0.269 e. The van der Waals surface area contributed by atoms with Crippen molar-refractivity contribution in [3.8, 4) is 11.5 Å². The summed E-state index contributed by atoms with van der Waals surface area (Å²) in [7, 11) is 3.16. The number of halogens is 1. The first-order valence-electron chi connectivity index (χ1n) is 10.1. The second-order valence-corrected chi connectivity index (χ2v) is 8.73. The van der Waals surface area contributed by atoms with Gasteiger partial charge in [-0.1, -0.05) is 0 Å². The van der Waals surface area contributed by atoms with Crippen molar-refractivity contribution in [1.29, 1.82) is 0 Å². The Morgan fingerprint density at radius 3 is 1.70 bits per heavy atom. The normalized spacial score (nSPS) is 9.59. The van der Waals surface area contributed by atoms with Crippen LogP contribution in [0.15, 0.2) is 76.8 Å². The maximum absolute atomic E-state index is 12.1. The lowest BCUT2D eigenvalue weighted by molar-refractivity contribution is -0.385. The van der Waals surface area contributed by atoms with Gasteiger partial charge in [0, 0.05) is 40.8 Å². The van der Waals surface area contributed by atoms with Gasteiger partial charge in [-0.2, -0.15) is 0 Å². The van der Waals surface area contributed by atoms with Crippen molar-refractivity contribution in [2.75, 3.05) is 14.2 Å². The summed E-state index contributed by atoms with van der Waals surface area (Å²) in [5, 5.41) is 25.8. The molecule has 0 aliphatic carbocycles. The molecule has 0 atom stereocenters. The number of ketones is 1. The predicted molar refractivity (Wildman–Crippen MR) is 142 cm³/mol. The number of nitrogens with zero attached hydrogens (tertiary/aromatic N) is 2. The van der Waals surface area contributed by atoms with Crippen molar-refractivity contribution >= 4 is 56.7 Å². The molecule has 0 aliphatic rings. The van der Waals surface area contributed by atoms with Crippen molar-refractivity contribution in [1.82, 2.24) is 0 Å². The first kappa shape index (κ1) is 29.1. The zero-order valence-corrected chi connectivity index (χ0v) is 21.7. The van der Waals surface area contributed by atoms with Crippen LogP contribution in [-0.2, 0) is 0 Å². The Hall–Kier alpha value is -4.13. The van der Waals surface area contributed by atoms with E-state index in [4.69, 9.17) is 21.1 Å². The van der Waals surface area contributed by atoms with Crippen LogP contribution < -0.4 is 9.47 Å². The first-order valence-corrected chi connectivity index (χ1v) is 12.3. The molecule has 0 radical (unpaired) electrons. The molecule has 2 aromatic heterocycles. The molecular formula is C24H19ClN2O8S2. The summed E-state index contributed by atoms with van der Waals surface area (Å²) < 4.78 is 9.94. The number of ether oxygens (including phenoxy) is 2. The summed E-state index contributed by atoms with van der Waals surface area (Å²) in [5.74, 6) is 1.27. The third-order valence-corrected chi connectivity index (χ3v) is 6.21. The van der Waals surface area contributed by atoms with Crippen molar-refractivity contribution in [3.63, 3.8) is 0 Å². The minimum Gasteiger partial charge on any atom is -0.496 e. The highest BCUT2D eigenvalue weighted by Crippen LogP contribution is 2.27. The van der Waals surface area contributed by atoms with Gasteiger partial charge in [-0.05, 0) is 58.8 Å². The monoisotopic (exact) mass is 562 g/mol. The summed E-state index contributed by atoms with van der Waals surface area (Å²) in [6.45, 7) is 0. The lowest BCUT2D eigenvalue weighted by Crippen LogP contribution is -2.01. The maximum atomic E-state index is 12.1. The van der Waals surface area contributed by atoms with Crippen LogP contribution in [0.1, 0.15) is 25.6 Å². The fourth-order valence-electron chi connectivity index (χ4n) is 2.57. The molecule has 2 heterocycles. The fraction of sp³-hybridized carbons (Fsp3) is 0.0833. The summed E-state index contributed by atoms with van der Waals surface area (Å²) in [5.41, 5.74) is 0.560. The van der Waals surface area contributed by atoms with Crippen molar-refractivity contribution in [2.45, 2.75) is 0 Å². The molecule has 0 saturated carbocycles. The highest BCUT2D eigenvalue weighted by atomic mass is 35.5. The molecule has 4 rings (SSSR count). The van der Waals surface area contributed by atoms with Crippen molar-refractivity contribution in [2.24, 2.45) is 0 Å². The summed E-state index contributed by atoms with van der Waals surface area (Å²) in [4.78, 5) is 42.8. The molecule has 4 aromatic rings. The average molecular weight is 563 g/mol. The number of hydrogen-bond acceptors (Lipinski definition) is 10. The second-order valence-electron chi connectivity index (χ2n) is 6.69. The Balaban J connectivity index is 0.000000217. The Morgan fingerprint density at radius 1 is 0.784 bits per heavy atom. The lowest BCUT2D eigenvalue weighted by Gasteiger charge is -2.01. The van der Waals surface area contributed by atoms with Crippen molar-refractivity contribution in [3.05, 3.63) is 113 Å². The molecular weight excluding hydrogens is 544 g/mol. The van der Waals surface area contributed by atoms with Crippen LogP contribution in [0.25, 0.3) is 0 Å². The van der Waals surface area contributed by atoms with E-state index < -0.39 is 15.1 Å². The third kappa shape index (κ3) is 8.79. The number of rotatable bonds is 7. The molecule has 0 bridgehead atoms. The summed E-state index contributed by atoms with van der Waals surface area (Å²) in [6.07, 6.45) is 0. The number of nitro benzene ring substituents is 2. The topological polar surface area (TPSA) is 139 Å². The van der Waals surface area contributed by atoms with Gasteiger partial charge in [0.15, 0.2) is 0 Å². The van der Waals surface area contributed by atoms with Gasteiger partial charge in [-0.15, -0.1) is 22.7 Å². The largest absolute Gasteiger partial charge is 0.496 e. The minimum absolute atomic E-state index is 0.0373. The maximum Gasteiger partial charge on any atom is 0.269 e. The third-order valence-electron chi connectivity index (χ3n) is 4.43. The number of carbonyl (C=O) groups excluding carboxylic acids is 2. The highest BCUT2D eigenvalue weighted by Gasteiger charge is 2.17. The number of carbonyl (C=O) groups is 2. The number of nitro groups is 2. The molecule has 37 heavy (non-hydrogen) atoms. The molecule has 13 heteroatoms. The Kier molecular flexibility index (Phi) is 11.4. The Labute approximate surface area is 224 Å². The zero-order chi connectivity index (χ0) is 27.4. The first-order chi connectivity index (χ1) is 17.7. The summed E-state index contributed by atoms with van der Waals surface area (Å²) >= 11 is 8.04. The van der Waals surface area contributed by atoms with Crippen LogP contribution in [0.2, 0.25) is 0 Å². The van der Waals surface area contributed by atoms with E-state index in [2.05, 4.69) is 0 Å². The SMILES string of the molecule is COc1ccsc1.COc1ccsc1C(=O)c1ccc([N+](=O)[O-])cc1.O=C(Cl)c1ccc([N+](=O)[O-])cc1. The van der Waals surface area contributed by atoms with Crippen molar-refractivity contribution < 1.29 is 28.9 Å². The summed E-state index contributed by atoms with van der Waals surface area (Å²) in [6, 6.07) is 14.3. The number of thiophene rings is 2. The van der Waals surface area contributed by atoms with Crippen LogP contribution in [0.4, 0.5) is 11.4 Å². The van der Waals surface area contributed by atoms with Gasteiger partial charge >= 0.3 is 0 Å². The molecule has 0 unspecified atom stereocenters. The van der Waals surface area contributed by atoms with Gasteiger partial charge in [0.05, 0.1) is 24.1 Å². The van der Waals surface area contributed by atoms with Gasteiger partial charge in [-0.3, -0.25) is 29.8 Å². The molecule has 0 N–H and O–H groups in total. The standard InChI is InChI=1S/C12H9NO4S.C7H4ClNO3.C5H6OS/c1-17-10-6-7-18-12(10)11(14)8-2-4-9(5-3-8)13(15)16;8-7(10)5-1-3-6(4-2-5)9(11)12;1-6-5-2-3-7-4-5/h2-7H,1H3;1-4H;2-4H,1H3. The van der Waals surface area contributed by atoms with E-state index in [0.717, 1.165) is 5.75 Å². The van der Waals surface area contributed by atoms with E-state index in [1.165, 1.54) is 67.0 Å².